The summed E-state index contributed by atoms with van der Waals surface area (Å²) in [6, 6.07) is 5.08. The number of rotatable bonds is 6. The topological polar surface area (TPSA) is 87.5 Å². The van der Waals surface area contributed by atoms with Crippen molar-refractivity contribution in [1.82, 2.24) is 10.2 Å². The summed E-state index contributed by atoms with van der Waals surface area (Å²) in [6.07, 6.45) is 0.363. The van der Waals surface area contributed by atoms with Gasteiger partial charge in [0, 0.05) is 31.4 Å². The summed E-state index contributed by atoms with van der Waals surface area (Å²) in [4.78, 5) is 25.3. The molecule has 116 valence electrons. The van der Waals surface area contributed by atoms with Gasteiger partial charge in [0.05, 0.1) is 6.04 Å². The predicted molar refractivity (Wildman–Crippen MR) is 85.0 cm³/mol. The molecule has 0 saturated carbocycles. The second-order valence-corrected chi connectivity index (χ2v) is 5.09. The number of hydrogen-bond donors (Lipinski definition) is 3. The van der Waals surface area contributed by atoms with Crippen LogP contribution in [0.1, 0.15) is 18.9 Å². The van der Waals surface area contributed by atoms with Crippen LogP contribution in [0.15, 0.2) is 18.2 Å². The Morgan fingerprint density at radius 2 is 2.05 bits per heavy atom. The van der Waals surface area contributed by atoms with Crippen molar-refractivity contribution < 1.29 is 9.59 Å². The molecule has 1 unspecified atom stereocenters. The molecule has 1 rings (SSSR count). The number of anilines is 2. The van der Waals surface area contributed by atoms with E-state index in [9.17, 15) is 9.59 Å². The minimum absolute atomic E-state index is 0.0406. The molecule has 21 heavy (non-hydrogen) atoms. The van der Waals surface area contributed by atoms with E-state index in [1.165, 1.54) is 0 Å². The van der Waals surface area contributed by atoms with E-state index in [-0.39, 0.29) is 17.9 Å². The third-order valence-electron chi connectivity index (χ3n) is 3.64. The summed E-state index contributed by atoms with van der Waals surface area (Å²) in [5, 5.41) is 5.43. The molecule has 0 fully saturated rings. The lowest BCUT2D eigenvalue weighted by molar-refractivity contribution is -0.123. The van der Waals surface area contributed by atoms with Crippen molar-refractivity contribution in [3.8, 4) is 0 Å². The van der Waals surface area contributed by atoms with E-state index < -0.39 is 0 Å². The van der Waals surface area contributed by atoms with Gasteiger partial charge in [0.25, 0.3) is 0 Å². The van der Waals surface area contributed by atoms with Gasteiger partial charge in [-0.1, -0.05) is 6.07 Å². The maximum absolute atomic E-state index is 12.2. The maximum Gasteiger partial charge on any atom is 0.241 e. The number of carbonyl (C=O) groups excluding carboxylic acids is 2. The fourth-order valence-electron chi connectivity index (χ4n) is 1.82. The number of carbonyl (C=O) groups is 2. The van der Waals surface area contributed by atoms with Gasteiger partial charge in [0.1, 0.15) is 0 Å². The van der Waals surface area contributed by atoms with Crippen molar-refractivity contribution in [2.45, 2.75) is 26.3 Å². The molecule has 0 saturated heterocycles. The van der Waals surface area contributed by atoms with Gasteiger partial charge < -0.3 is 16.4 Å². The maximum atomic E-state index is 12.2. The molecule has 0 aromatic heterocycles. The molecule has 6 heteroatoms. The van der Waals surface area contributed by atoms with E-state index in [0.29, 0.717) is 24.3 Å². The van der Waals surface area contributed by atoms with E-state index in [1.807, 2.05) is 24.9 Å². The lowest BCUT2D eigenvalue weighted by Gasteiger charge is -2.24. The lowest BCUT2D eigenvalue weighted by atomic mass is 10.1. The Balaban J connectivity index is 2.62. The SMILES string of the molecule is CNC(=O)CCN(C)C(C)C(=O)Nc1cccc(N)c1C. The number of nitrogens with one attached hydrogen (secondary N) is 2. The fourth-order valence-corrected chi connectivity index (χ4v) is 1.82. The van der Waals surface area contributed by atoms with Crippen molar-refractivity contribution in [3.05, 3.63) is 23.8 Å². The van der Waals surface area contributed by atoms with Crippen molar-refractivity contribution in [1.29, 1.82) is 0 Å². The normalized spacial score (nSPS) is 12.0. The molecule has 6 nitrogen and oxygen atoms in total. The van der Waals surface area contributed by atoms with Gasteiger partial charge in [-0.15, -0.1) is 0 Å². The summed E-state index contributed by atoms with van der Waals surface area (Å²) in [5.74, 6) is -0.163. The van der Waals surface area contributed by atoms with Crippen molar-refractivity contribution in [2.24, 2.45) is 0 Å². The number of nitrogens with two attached hydrogens (primary N) is 1. The van der Waals surface area contributed by atoms with Crippen LogP contribution in [0.5, 0.6) is 0 Å². The molecule has 0 heterocycles. The molecular weight excluding hydrogens is 268 g/mol. The number of amides is 2. The van der Waals surface area contributed by atoms with Crippen LogP contribution in [-0.2, 0) is 9.59 Å². The molecule has 4 N–H and O–H groups in total. The van der Waals surface area contributed by atoms with Crippen LogP contribution in [0.2, 0.25) is 0 Å². The van der Waals surface area contributed by atoms with Crippen molar-refractivity contribution >= 4 is 23.2 Å². The molecule has 0 aliphatic heterocycles. The molecule has 1 aromatic carbocycles. The van der Waals surface area contributed by atoms with Gasteiger partial charge in [-0.2, -0.15) is 0 Å². The highest BCUT2D eigenvalue weighted by Gasteiger charge is 2.19. The van der Waals surface area contributed by atoms with Crippen LogP contribution in [0.3, 0.4) is 0 Å². The average molecular weight is 292 g/mol. The fraction of sp³-hybridized carbons (Fsp3) is 0.467. The number of benzene rings is 1. The van der Waals surface area contributed by atoms with Crippen molar-refractivity contribution in [2.75, 3.05) is 31.7 Å². The summed E-state index contributed by atoms with van der Waals surface area (Å²) < 4.78 is 0. The van der Waals surface area contributed by atoms with Gasteiger partial charge in [0.15, 0.2) is 0 Å². The first-order valence-electron chi connectivity index (χ1n) is 6.93. The first-order chi connectivity index (χ1) is 9.86. The van der Waals surface area contributed by atoms with Crippen LogP contribution in [0.4, 0.5) is 11.4 Å². The highest BCUT2D eigenvalue weighted by Crippen LogP contribution is 2.20. The van der Waals surface area contributed by atoms with Gasteiger partial charge in [-0.05, 0) is 38.6 Å². The smallest absolute Gasteiger partial charge is 0.241 e. The molecule has 1 aromatic rings. The number of nitrogen functional groups attached to an aromatic ring is 1. The van der Waals surface area contributed by atoms with Gasteiger partial charge in [0.2, 0.25) is 11.8 Å². The number of hydrogen-bond acceptors (Lipinski definition) is 4. The zero-order valence-corrected chi connectivity index (χ0v) is 13.1. The summed E-state index contributed by atoms with van der Waals surface area (Å²) >= 11 is 0. The highest BCUT2D eigenvalue weighted by molar-refractivity contribution is 5.95. The third kappa shape index (κ3) is 4.75. The van der Waals surface area contributed by atoms with Crippen LogP contribution in [0.25, 0.3) is 0 Å². The minimum Gasteiger partial charge on any atom is -0.398 e. The highest BCUT2D eigenvalue weighted by atomic mass is 16.2. The molecule has 2 amide bonds. The Hall–Kier alpha value is -2.08. The zero-order chi connectivity index (χ0) is 16.0. The molecule has 0 aliphatic rings. The standard InChI is InChI=1S/C15H24N4O2/c1-10-12(16)6-5-7-13(10)18-15(21)11(2)19(4)9-8-14(20)17-3/h5-7,11H,8-9,16H2,1-4H3,(H,17,20)(H,18,21). The lowest BCUT2D eigenvalue weighted by Crippen LogP contribution is -2.41. The third-order valence-corrected chi connectivity index (χ3v) is 3.64. The summed E-state index contributed by atoms with van der Waals surface area (Å²) in [6.45, 7) is 4.19. The van der Waals surface area contributed by atoms with Crippen LogP contribution < -0.4 is 16.4 Å². The molecule has 0 bridgehead atoms. The summed E-state index contributed by atoms with van der Waals surface area (Å²) in [7, 11) is 3.42. The Morgan fingerprint density at radius 3 is 2.67 bits per heavy atom. The van der Waals surface area contributed by atoms with Crippen LogP contribution in [0, 0.1) is 6.92 Å². The number of likely N-dealkylation sites (N-methyl/N-ethyl adjacent to an activating group) is 1. The second kappa shape index (κ2) is 7.64. The van der Waals surface area contributed by atoms with Crippen LogP contribution >= 0.6 is 0 Å². The molecule has 0 spiro atoms. The van der Waals surface area contributed by atoms with Gasteiger partial charge in [-0.3, -0.25) is 14.5 Å². The van der Waals surface area contributed by atoms with E-state index >= 15 is 0 Å². The largest absolute Gasteiger partial charge is 0.398 e. The van der Waals surface area contributed by atoms with Crippen LogP contribution in [-0.4, -0.2) is 43.4 Å². The van der Waals surface area contributed by atoms with Gasteiger partial charge >= 0.3 is 0 Å². The molecule has 0 aliphatic carbocycles. The first-order valence-corrected chi connectivity index (χ1v) is 6.93. The first kappa shape index (κ1) is 17.0. The average Bonchev–Trinajstić information content (AvgIpc) is 2.48. The Morgan fingerprint density at radius 1 is 1.38 bits per heavy atom. The zero-order valence-electron chi connectivity index (χ0n) is 13.1. The monoisotopic (exact) mass is 292 g/mol. The number of nitrogens with zero attached hydrogens (tertiary/aromatic N) is 1. The predicted octanol–water partition coefficient (Wildman–Crippen LogP) is 0.972. The van der Waals surface area contributed by atoms with Crippen molar-refractivity contribution in [3.63, 3.8) is 0 Å². The molecule has 1 atom stereocenters. The van der Waals surface area contributed by atoms with E-state index in [2.05, 4.69) is 10.6 Å². The van der Waals surface area contributed by atoms with E-state index in [4.69, 9.17) is 5.73 Å². The Bertz CT molecular complexity index is 516. The Labute approximate surface area is 125 Å². The quantitative estimate of drug-likeness (QED) is 0.682. The molecular formula is C15H24N4O2. The Kier molecular flexibility index (Phi) is 6.17. The molecule has 0 radical (unpaired) electrons. The summed E-state index contributed by atoms with van der Waals surface area (Å²) in [5.41, 5.74) is 8.04. The minimum atomic E-state index is -0.338. The van der Waals surface area contributed by atoms with E-state index in [1.54, 1.807) is 26.1 Å². The second-order valence-electron chi connectivity index (χ2n) is 5.09. The van der Waals surface area contributed by atoms with E-state index in [0.717, 1.165) is 5.56 Å². The van der Waals surface area contributed by atoms with Gasteiger partial charge in [-0.25, -0.2) is 0 Å².